The van der Waals surface area contributed by atoms with Crippen molar-refractivity contribution in [3.8, 4) is 78.9 Å². The van der Waals surface area contributed by atoms with E-state index in [2.05, 4.69) is 264 Å². The molecule has 318 valence electrons. The Hall–Kier alpha value is -9.12. The van der Waals surface area contributed by atoms with Crippen molar-refractivity contribution in [2.75, 3.05) is 0 Å². The van der Waals surface area contributed by atoms with Gasteiger partial charge < -0.3 is 9.13 Å². The van der Waals surface area contributed by atoms with Gasteiger partial charge in [-0.1, -0.05) is 182 Å². The Balaban J connectivity index is 1.16. The first-order valence-corrected chi connectivity index (χ1v) is 23.2. The van der Waals surface area contributed by atoms with Crippen molar-refractivity contribution >= 4 is 43.4 Å². The maximum Gasteiger partial charge on any atom is 0.0722 e. The molecular weight excluding hydrogens is 825 g/mol. The smallest absolute Gasteiger partial charge is 0.0722 e. The van der Waals surface area contributed by atoms with Crippen LogP contribution >= 0.6 is 0 Å². The molecule has 0 aliphatic rings. The molecule has 0 saturated heterocycles. The molecule has 0 amide bonds. The fourth-order valence-electron chi connectivity index (χ4n) is 10.2. The van der Waals surface area contributed by atoms with Crippen molar-refractivity contribution in [1.82, 2.24) is 19.1 Å². The predicted molar refractivity (Wildman–Crippen MR) is 283 cm³/mol. The van der Waals surface area contributed by atoms with Crippen LogP contribution in [0.2, 0.25) is 0 Å². The summed E-state index contributed by atoms with van der Waals surface area (Å²) in [7, 11) is 0. The van der Waals surface area contributed by atoms with Crippen molar-refractivity contribution in [1.29, 1.82) is 0 Å². The van der Waals surface area contributed by atoms with Gasteiger partial charge in [0.2, 0.25) is 0 Å². The van der Waals surface area contributed by atoms with Crippen LogP contribution in [0.15, 0.2) is 255 Å². The molecule has 0 spiro atoms. The highest BCUT2D eigenvalue weighted by atomic mass is 15.0. The van der Waals surface area contributed by atoms with Gasteiger partial charge in [-0.15, -0.1) is 0 Å². The Morgan fingerprint density at radius 1 is 0.250 bits per heavy atom. The molecule has 0 unspecified atom stereocenters. The van der Waals surface area contributed by atoms with Crippen LogP contribution in [-0.2, 0) is 0 Å². The van der Waals surface area contributed by atoms with Crippen LogP contribution in [0.25, 0.3) is 122 Å². The monoisotopic (exact) mass is 866 g/mol. The van der Waals surface area contributed by atoms with Crippen LogP contribution in [0.3, 0.4) is 0 Å². The molecule has 0 N–H and O–H groups in total. The molecule has 0 bridgehead atoms. The number of aromatic nitrogens is 4. The van der Waals surface area contributed by atoms with Gasteiger partial charge in [-0.05, 0) is 117 Å². The van der Waals surface area contributed by atoms with Gasteiger partial charge in [0.1, 0.15) is 0 Å². The first-order valence-electron chi connectivity index (χ1n) is 23.2. The second kappa shape index (κ2) is 16.4. The Labute approximate surface area is 394 Å². The number of fused-ring (bicyclic) bond motifs is 4. The lowest BCUT2D eigenvalue weighted by atomic mass is 9.87. The summed E-state index contributed by atoms with van der Waals surface area (Å²) in [6.07, 6.45) is 0. The van der Waals surface area contributed by atoms with E-state index in [1.807, 2.05) is 0 Å². The molecular formula is C64H42N4. The molecule has 4 aromatic heterocycles. The van der Waals surface area contributed by atoms with Crippen molar-refractivity contribution in [3.63, 3.8) is 0 Å². The van der Waals surface area contributed by atoms with E-state index in [1.165, 1.54) is 0 Å². The van der Waals surface area contributed by atoms with Crippen molar-refractivity contribution in [2.24, 2.45) is 0 Å². The van der Waals surface area contributed by atoms with Gasteiger partial charge in [0.25, 0.3) is 0 Å². The van der Waals surface area contributed by atoms with E-state index in [0.717, 1.165) is 122 Å². The van der Waals surface area contributed by atoms with Gasteiger partial charge in [0.15, 0.2) is 0 Å². The molecule has 0 saturated carbocycles. The Bertz CT molecular complexity index is 3620. The van der Waals surface area contributed by atoms with Gasteiger partial charge in [0.05, 0.1) is 45.2 Å². The minimum Gasteiger partial charge on any atom is -0.309 e. The Kier molecular flexibility index (Phi) is 9.47. The second-order valence-corrected chi connectivity index (χ2v) is 17.3. The van der Waals surface area contributed by atoms with E-state index in [1.54, 1.807) is 0 Å². The third-order valence-corrected chi connectivity index (χ3v) is 13.3. The number of hydrogen-bond acceptors (Lipinski definition) is 2. The zero-order valence-electron chi connectivity index (χ0n) is 37.0. The lowest BCUT2D eigenvalue weighted by molar-refractivity contribution is 1.10. The molecule has 0 fully saturated rings. The number of benzene rings is 9. The van der Waals surface area contributed by atoms with Crippen molar-refractivity contribution in [2.45, 2.75) is 0 Å². The summed E-state index contributed by atoms with van der Waals surface area (Å²) in [6.45, 7) is 0. The van der Waals surface area contributed by atoms with Gasteiger partial charge in [-0.25, -0.2) is 9.97 Å². The van der Waals surface area contributed by atoms with Crippen LogP contribution in [0.4, 0.5) is 0 Å². The van der Waals surface area contributed by atoms with E-state index >= 15 is 0 Å². The van der Waals surface area contributed by atoms with Crippen LogP contribution in [-0.4, -0.2) is 19.1 Å². The van der Waals surface area contributed by atoms with Crippen molar-refractivity contribution in [3.05, 3.63) is 255 Å². The fraction of sp³-hybridized carbons (Fsp3) is 0. The molecule has 4 nitrogen and oxygen atoms in total. The summed E-state index contributed by atoms with van der Waals surface area (Å²) in [6, 6.07) is 91.3. The minimum absolute atomic E-state index is 0.914. The molecule has 0 atom stereocenters. The normalized spacial score (nSPS) is 11.5. The molecule has 4 heterocycles. The summed E-state index contributed by atoms with van der Waals surface area (Å²) in [5, 5.41) is 6.59. The zero-order valence-corrected chi connectivity index (χ0v) is 37.0. The van der Waals surface area contributed by atoms with Gasteiger partial charge in [0, 0.05) is 33.3 Å². The maximum atomic E-state index is 5.46. The standard InChI is InChI=1S/C64H42N4/c1-5-19-45(20-6-1)59-37-38-60(46-21-7-2-8-22-46)67(59)49-31-33-51-53(41-49)63(57-35-29-43-17-13-15-27-55(43)65-57)52-34-32-50(42-54(52)64(51)58-36-30-44-18-14-16-28-56(44)66-58)68-61(47-23-9-3-10-24-47)39-40-62(68)48-25-11-4-12-26-48/h1-42H. The Morgan fingerprint density at radius 2 is 0.574 bits per heavy atom. The molecule has 0 aliphatic carbocycles. The molecule has 13 aromatic rings. The summed E-state index contributed by atoms with van der Waals surface area (Å²) >= 11 is 0. The van der Waals surface area contributed by atoms with Crippen LogP contribution in [0.5, 0.6) is 0 Å². The molecule has 13 rings (SSSR count). The molecule has 68 heavy (non-hydrogen) atoms. The third kappa shape index (κ3) is 6.69. The van der Waals surface area contributed by atoms with Gasteiger partial charge in [-0.3, -0.25) is 0 Å². The van der Waals surface area contributed by atoms with E-state index in [4.69, 9.17) is 9.97 Å². The van der Waals surface area contributed by atoms with Gasteiger partial charge >= 0.3 is 0 Å². The quantitative estimate of drug-likeness (QED) is 0.143. The largest absolute Gasteiger partial charge is 0.309 e. The van der Waals surface area contributed by atoms with E-state index in [9.17, 15) is 0 Å². The number of pyridine rings is 2. The lowest BCUT2D eigenvalue weighted by Crippen LogP contribution is -2.02. The fourth-order valence-corrected chi connectivity index (χ4v) is 10.2. The van der Waals surface area contributed by atoms with Crippen LogP contribution < -0.4 is 0 Å². The van der Waals surface area contributed by atoms with E-state index in [-0.39, 0.29) is 0 Å². The molecule has 0 aliphatic heterocycles. The van der Waals surface area contributed by atoms with E-state index in [0.29, 0.717) is 0 Å². The maximum absolute atomic E-state index is 5.46. The third-order valence-electron chi connectivity index (χ3n) is 13.3. The minimum atomic E-state index is 0.914. The second-order valence-electron chi connectivity index (χ2n) is 17.3. The van der Waals surface area contributed by atoms with Crippen molar-refractivity contribution < 1.29 is 0 Å². The molecule has 0 radical (unpaired) electrons. The Morgan fingerprint density at radius 3 is 0.926 bits per heavy atom. The average Bonchev–Trinajstić information content (AvgIpc) is 4.07. The highest BCUT2D eigenvalue weighted by molar-refractivity contribution is 6.22. The summed E-state index contributed by atoms with van der Waals surface area (Å²) in [5.74, 6) is 0. The SMILES string of the molecule is c1ccc(-c2ccc(-c3ccccc3)n2-c2ccc3c(-c4ccc5ccccc5n4)c4cc(-n5c(-c6ccccc6)ccc5-c5ccccc5)ccc4c(-c4ccc5ccccc5n4)c3c2)cc1. The number of rotatable bonds is 8. The summed E-state index contributed by atoms with van der Waals surface area (Å²) in [4.78, 5) is 10.9. The topological polar surface area (TPSA) is 35.6 Å². The van der Waals surface area contributed by atoms with Crippen LogP contribution in [0.1, 0.15) is 0 Å². The predicted octanol–water partition coefficient (Wildman–Crippen LogP) is 16.7. The number of nitrogens with zero attached hydrogens (tertiary/aromatic N) is 4. The first kappa shape index (κ1) is 39.3. The zero-order chi connectivity index (χ0) is 45.0. The highest BCUT2D eigenvalue weighted by Crippen LogP contribution is 2.46. The average molecular weight is 867 g/mol. The van der Waals surface area contributed by atoms with E-state index < -0.39 is 0 Å². The number of para-hydroxylation sites is 2. The van der Waals surface area contributed by atoms with Crippen LogP contribution in [0, 0.1) is 0 Å². The molecule has 4 heteroatoms. The lowest BCUT2D eigenvalue weighted by Gasteiger charge is -2.21. The first-order chi connectivity index (χ1) is 33.7. The summed E-state index contributed by atoms with van der Waals surface area (Å²) in [5.41, 5.74) is 17.1. The van der Waals surface area contributed by atoms with Gasteiger partial charge in [-0.2, -0.15) is 0 Å². The molecule has 9 aromatic carbocycles. The highest BCUT2D eigenvalue weighted by Gasteiger charge is 2.23. The number of hydrogen-bond donors (Lipinski definition) is 0. The summed E-state index contributed by atoms with van der Waals surface area (Å²) < 4.78 is 4.82.